The fraction of sp³-hybridized carbons (Fsp3) is 0.531. The number of aliphatic hydroxyl groups is 1. The highest BCUT2D eigenvalue weighted by Gasteiger charge is 2.56. The van der Waals surface area contributed by atoms with Crippen molar-refractivity contribution in [2.45, 2.75) is 71.0 Å². The van der Waals surface area contributed by atoms with E-state index in [0.717, 1.165) is 60.8 Å². The monoisotopic (exact) mass is 533 g/mol. The molecule has 0 atom stereocenters. The number of hydrogen-bond acceptors (Lipinski definition) is 5. The Balaban J connectivity index is 1.51. The van der Waals surface area contributed by atoms with E-state index in [2.05, 4.69) is 61.8 Å². The number of amides is 2. The molecule has 7 heteroatoms. The van der Waals surface area contributed by atoms with E-state index in [1.165, 1.54) is 16.7 Å². The van der Waals surface area contributed by atoms with Crippen molar-refractivity contribution in [1.29, 1.82) is 0 Å². The van der Waals surface area contributed by atoms with Crippen LogP contribution >= 0.6 is 0 Å². The molecule has 1 N–H and O–H groups in total. The highest BCUT2D eigenvalue weighted by molar-refractivity contribution is 5.83. The third-order valence-electron chi connectivity index (χ3n) is 8.74. The first-order valence-electron chi connectivity index (χ1n) is 14.1. The van der Waals surface area contributed by atoms with E-state index in [0.29, 0.717) is 19.5 Å². The molecule has 2 amide bonds. The van der Waals surface area contributed by atoms with Gasteiger partial charge in [0.1, 0.15) is 11.5 Å². The number of hydrogen-bond donors (Lipinski definition) is 1. The number of nitrogens with zero attached hydrogens (tertiary/aromatic N) is 3. The predicted molar refractivity (Wildman–Crippen MR) is 153 cm³/mol. The second-order valence-electron chi connectivity index (χ2n) is 12.0. The summed E-state index contributed by atoms with van der Waals surface area (Å²) in [6.07, 6.45) is 4.61. The van der Waals surface area contributed by atoms with Crippen LogP contribution < -0.4 is 9.47 Å². The summed E-state index contributed by atoms with van der Waals surface area (Å²) in [5, 5.41) is 9.68. The highest BCUT2D eigenvalue weighted by atomic mass is 16.5. The average Bonchev–Trinajstić information content (AvgIpc) is 3.00. The van der Waals surface area contributed by atoms with E-state index >= 15 is 0 Å². The molecule has 5 rings (SSSR count). The SMILES string of the molecule is COc1cc2c(c(OC)c1)C(C)(C)C=C1N(C2)C(=O)N(CCCO)C12CCN(Cc1cc(C)cc(C)c1)CC2. The Morgan fingerprint density at radius 3 is 2.28 bits per heavy atom. The molecule has 2 aromatic carbocycles. The van der Waals surface area contributed by atoms with Crippen LogP contribution in [0.15, 0.2) is 42.1 Å². The fourth-order valence-corrected chi connectivity index (χ4v) is 7.11. The number of allylic oxidation sites excluding steroid dienone is 1. The third-order valence-corrected chi connectivity index (χ3v) is 8.74. The molecule has 0 aliphatic carbocycles. The van der Waals surface area contributed by atoms with Gasteiger partial charge in [-0.2, -0.15) is 0 Å². The molecule has 1 spiro atoms. The predicted octanol–water partition coefficient (Wildman–Crippen LogP) is 5.15. The Kier molecular flexibility index (Phi) is 7.42. The Hall–Kier alpha value is -3.03. The van der Waals surface area contributed by atoms with Gasteiger partial charge in [0.25, 0.3) is 0 Å². The van der Waals surface area contributed by atoms with E-state index in [4.69, 9.17) is 9.47 Å². The number of carbonyl (C=O) groups is 1. The minimum atomic E-state index is -0.387. The highest BCUT2D eigenvalue weighted by Crippen LogP contribution is 2.50. The maximum Gasteiger partial charge on any atom is 0.325 e. The lowest BCUT2D eigenvalue weighted by atomic mass is 9.77. The summed E-state index contributed by atoms with van der Waals surface area (Å²) in [6.45, 7) is 12.6. The lowest BCUT2D eigenvalue weighted by Crippen LogP contribution is -2.54. The van der Waals surface area contributed by atoms with Crippen LogP contribution in [-0.4, -0.2) is 71.8 Å². The maximum atomic E-state index is 14.1. The molecule has 0 saturated carbocycles. The third kappa shape index (κ3) is 4.91. The van der Waals surface area contributed by atoms with Gasteiger partial charge in [-0.05, 0) is 50.3 Å². The average molecular weight is 534 g/mol. The number of aliphatic hydroxyl groups excluding tert-OH is 1. The lowest BCUT2D eigenvalue weighted by Gasteiger charge is -2.45. The van der Waals surface area contributed by atoms with Gasteiger partial charge in [0.15, 0.2) is 0 Å². The molecule has 0 bridgehead atoms. The zero-order chi connectivity index (χ0) is 27.9. The number of fused-ring (bicyclic) bond motifs is 3. The van der Waals surface area contributed by atoms with Gasteiger partial charge in [-0.15, -0.1) is 0 Å². The number of aryl methyl sites for hydroxylation is 2. The van der Waals surface area contributed by atoms with Crippen molar-refractivity contribution in [2.75, 3.05) is 40.5 Å². The quantitative estimate of drug-likeness (QED) is 0.533. The molecule has 39 heavy (non-hydrogen) atoms. The van der Waals surface area contributed by atoms with Crippen molar-refractivity contribution in [3.05, 3.63) is 69.9 Å². The zero-order valence-corrected chi connectivity index (χ0v) is 24.3. The number of piperidine rings is 1. The van der Waals surface area contributed by atoms with Crippen LogP contribution in [0, 0.1) is 13.8 Å². The molecule has 3 aliphatic heterocycles. The topological polar surface area (TPSA) is 65.5 Å². The standard InChI is InChI=1S/C32H43N3O4/c1-22-14-23(2)16-24(15-22)20-33-11-8-32(9-12-33)28-19-31(3,4)29-25(17-26(38-5)18-27(29)39-6)21-34(28)30(37)35(32)10-7-13-36/h14-19,36H,7-13,20-21H2,1-6H3. The number of methoxy groups -OCH3 is 2. The molecular formula is C32H43N3O4. The van der Waals surface area contributed by atoms with Crippen molar-refractivity contribution >= 4 is 6.03 Å². The Labute approximate surface area is 233 Å². The molecule has 210 valence electrons. The van der Waals surface area contributed by atoms with Crippen molar-refractivity contribution in [2.24, 2.45) is 0 Å². The normalized spacial score (nSPS) is 20.0. The smallest absolute Gasteiger partial charge is 0.325 e. The summed E-state index contributed by atoms with van der Waals surface area (Å²) in [5.74, 6) is 1.51. The van der Waals surface area contributed by atoms with E-state index in [1.807, 2.05) is 17.0 Å². The number of urea groups is 1. The summed E-state index contributed by atoms with van der Waals surface area (Å²) in [4.78, 5) is 20.7. The van der Waals surface area contributed by atoms with Gasteiger partial charge in [0, 0.05) is 55.5 Å². The fourth-order valence-electron chi connectivity index (χ4n) is 7.11. The number of likely N-dealkylation sites (tertiary alicyclic amines) is 1. The first-order chi connectivity index (χ1) is 18.6. The number of ether oxygens (including phenoxy) is 2. The molecule has 7 nitrogen and oxygen atoms in total. The number of benzene rings is 2. The maximum absolute atomic E-state index is 14.1. The van der Waals surface area contributed by atoms with Gasteiger partial charge < -0.3 is 19.5 Å². The largest absolute Gasteiger partial charge is 0.497 e. The summed E-state index contributed by atoms with van der Waals surface area (Å²) in [7, 11) is 3.35. The summed E-state index contributed by atoms with van der Waals surface area (Å²) < 4.78 is 11.4. The zero-order valence-electron chi connectivity index (χ0n) is 24.3. The van der Waals surface area contributed by atoms with Crippen molar-refractivity contribution in [1.82, 2.24) is 14.7 Å². The second-order valence-corrected chi connectivity index (χ2v) is 12.0. The van der Waals surface area contributed by atoms with Gasteiger partial charge in [-0.1, -0.05) is 49.2 Å². The van der Waals surface area contributed by atoms with E-state index in [9.17, 15) is 9.90 Å². The van der Waals surface area contributed by atoms with Crippen LogP contribution in [0.4, 0.5) is 4.79 Å². The van der Waals surface area contributed by atoms with Gasteiger partial charge >= 0.3 is 6.03 Å². The van der Waals surface area contributed by atoms with Gasteiger partial charge in [0.05, 0.1) is 26.3 Å². The molecule has 0 unspecified atom stereocenters. The van der Waals surface area contributed by atoms with Crippen molar-refractivity contribution < 1.29 is 19.4 Å². The molecule has 0 radical (unpaired) electrons. The van der Waals surface area contributed by atoms with E-state index in [-0.39, 0.29) is 23.6 Å². The second kappa shape index (κ2) is 10.5. The van der Waals surface area contributed by atoms with Crippen LogP contribution in [0.3, 0.4) is 0 Å². The lowest BCUT2D eigenvalue weighted by molar-refractivity contribution is 0.0815. The summed E-state index contributed by atoms with van der Waals surface area (Å²) in [6, 6.07) is 10.8. The first-order valence-corrected chi connectivity index (χ1v) is 14.1. The van der Waals surface area contributed by atoms with E-state index < -0.39 is 0 Å². The van der Waals surface area contributed by atoms with Crippen LogP contribution in [0.2, 0.25) is 0 Å². The minimum absolute atomic E-state index is 0.0305. The van der Waals surface area contributed by atoms with E-state index in [1.54, 1.807) is 14.2 Å². The van der Waals surface area contributed by atoms with Crippen LogP contribution in [0.5, 0.6) is 11.5 Å². The Bertz CT molecular complexity index is 1260. The summed E-state index contributed by atoms with van der Waals surface area (Å²) >= 11 is 0. The molecular weight excluding hydrogens is 490 g/mol. The van der Waals surface area contributed by atoms with Gasteiger partial charge in [0.2, 0.25) is 0 Å². The van der Waals surface area contributed by atoms with Crippen molar-refractivity contribution in [3.63, 3.8) is 0 Å². The first kappa shape index (κ1) is 27.5. The molecule has 2 fully saturated rings. The van der Waals surface area contributed by atoms with Gasteiger partial charge in [-0.3, -0.25) is 9.80 Å². The van der Waals surface area contributed by atoms with Crippen molar-refractivity contribution in [3.8, 4) is 11.5 Å². The number of rotatable bonds is 7. The molecule has 2 aromatic rings. The van der Waals surface area contributed by atoms with Crippen LogP contribution in [0.25, 0.3) is 0 Å². The Morgan fingerprint density at radius 1 is 0.974 bits per heavy atom. The number of carbonyl (C=O) groups excluding carboxylic acids is 1. The van der Waals surface area contributed by atoms with Crippen LogP contribution in [-0.2, 0) is 18.5 Å². The molecule has 2 saturated heterocycles. The molecule has 3 aliphatic rings. The molecule has 0 aromatic heterocycles. The van der Waals surface area contributed by atoms with Gasteiger partial charge in [-0.25, -0.2) is 4.79 Å². The Morgan fingerprint density at radius 2 is 1.67 bits per heavy atom. The minimum Gasteiger partial charge on any atom is -0.497 e. The van der Waals surface area contributed by atoms with Crippen LogP contribution in [0.1, 0.15) is 60.9 Å². The molecule has 3 heterocycles. The summed E-state index contributed by atoms with van der Waals surface area (Å²) in [5.41, 5.74) is 6.43.